The summed E-state index contributed by atoms with van der Waals surface area (Å²) in [7, 11) is 0. The van der Waals surface area contributed by atoms with Crippen LogP contribution in [0.25, 0.3) is 0 Å². The predicted octanol–water partition coefficient (Wildman–Crippen LogP) is 10.8. The molecule has 3 aromatic rings. The molecule has 4 nitrogen and oxygen atoms in total. The number of aliphatic hydroxyl groups excluding tert-OH is 3. The molecule has 0 spiro atoms. The molecule has 3 rings (SSSR count). The molecule has 0 saturated carbocycles. The van der Waals surface area contributed by atoms with Gasteiger partial charge in [0.1, 0.15) is 5.75 Å². The second kappa shape index (κ2) is 14.0. The van der Waals surface area contributed by atoms with Gasteiger partial charge in [0.05, 0.1) is 25.2 Å². The van der Waals surface area contributed by atoms with Gasteiger partial charge in [-0.15, -0.1) is 0 Å². The smallest absolute Gasteiger partial charge is 0.172 e. The molecule has 51 heavy (non-hydrogen) atoms. The Hall–Kier alpha value is -2.66. The average molecular weight is 701 g/mol. The quantitative estimate of drug-likeness (QED) is 0.219. The van der Waals surface area contributed by atoms with Gasteiger partial charge < -0.3 is 20.1 Å². The molecule has 0 aliphatic carbocycles. The Bertz CT molecular complexity index is 1580. The number of aliphatic hydroxyl groups is 3. The summed E-state index contributed by atoms with van der Waals surface area (Å²) in [5.74, 6) is 0.662. The molecule has 3 aromatic carbocycles. The van der Waals surface area contributed by atoms with Crippen LogP contribution in [0.3, 0.4) is 0 Å². The summed E-state index contributed by atoms with van der Waals surface area (Å²) in [5, 5.41) is 34.9. The van der Waals surface area contributed by atoms with Crippen LogP contribution in [0.15, 0.2) is 54.6 Å². The third kappa shape index (κ3) is 8.45. The van der Waals surface area contributed by atoms with Gasteiger partial charge in [0.15, 0.2) is 5.60 Å². The lowest BCUT2D eigenvalue weighted by molar-refractivity contribution is -0.123. The fraction of sp³-hybridized carbons (Fsp3) is 0.617. The van der Waals surface area contributed by atoms with Gasteiger partial charge in [-0.2, -0.15) is 0 Å². The highest BCUT2D eigenvalue weighted by Gasteiger charge is 2.59. The van der Waals surface area contributed by atoms with Crippen molar-refractivity contribution in [2.24, 2.45) is 5.41 Å². The summed E-state index contributed by atoms with van der Waals surface area (Å²) in [6.45, 7) is 38.2. The first kappa shape index (κ1) is 42.8. The largest absolute Gasteiger partial charge is 0.477 e. The minimum atomic E-state index is -1.54. The lowest BCUT2D eigenvalue weighted by Gasteiger charge is -2.52. The molecule has 0 aromatic heterocycles. The maximum absolute atomic E-state index is 11.6. The molecule has 0 aliphatic heterocycles. The van der Waals surface area contributed by atoms with Crippen LogP contribution >= 0.6 is 0 Å². The van der Waals surface area contributed by atoms with Crippen molar-refractivity contribution in [3.8, 4) is 5.75 Å². The Balaban J connectivity index is 2.84. The first-order valence-electron chi connectivity index (χ1n) is 18.9. The number of benzene rings is 3. The zero-order valence-electron chi connectivity index (χ0n) is 35.6. The van der Waals surface area contributed by atoms with Crippen LogP contribution in [-0.4, -0.2) is 35.1 Å². The van der Waals surface area contributed by atoms with Crippen LogP contribution in [0.2, 0.25) is 0 Å². The maximum Gasteiger partial charge on any atom is 0.172 e. The normalized spacial score (nSPS) is 14.2. The van der Waals surface area contributed by atoms with Gasteiger partial charge in [0.2, 0.25) is 0 Å². The molecule has 4 heteroatoms. The van der Waals surface area contributed by atoms with Gasteiger partial charge in [-0.1, -0.05) is 173 Å². The summed E-state index contributed by atoms with van der Waals surface area (Å²) in [6.07, 6.45) is 0. The van der Waals surface area contributed by atoms with E-state index in [0.717, 1.165) is 27.8 Å². The molecular formula is C47H72O4. The molecular weight excluding hydrogens is 629 g/mol. The van der Waals surface area contributed by atoms with E-state index in [-0.39, 0.29) is 32.5 Å². The number of hydrogen-bond donors (Lipinski definition) is 3. The summed E-state index contributed by atoms with van der Waals surface area (Å²) in [6, 6.07) is 19.6. The van der Waals surface area contributed by atoms with Gasteiger partial charge in [0, 0.05) is 11.1 Å². The average Bonchev–Trinajstić information content (AvgIpc) is 2.98. The molecule has 0 saturated heterocycles. The number of hydrogen-bond acceptors (Lipinski definition) is 4. The fourth-order valence-electron chi connectivity index (χ4n) is 7.13. The summed E-state index contributed by atoms with van der Waals surface area (Å²) in [4.78, 5) is 0. The van der Waals surface area contributed by atoms with Crippen molar-refractivity contribution in [3.63, 3.8) is 0 Å². The van der Waals surface area contributed by atoms with Crippen molar-refractivity contribution in [2.75, 3.05) is 19.8 Å². The van der Waals surface area contributed by atoms with Crippen LogP contribution in [-0.2, 0) is 38.1 Å². The lowest BCUT2D eigenvalue weighted by Crippen LogP contribution is -2.59. The van der Waals surface area contributed by atoms with E-state index in [0.29, 0.717) is 5.75 Å². The van der Waals surface area contributed by atoms with Crippen molar-refractivity contribution in [1.29, 1.82) is 0 Å². The van der Waals surface area contributed by atoms with E-state index >= 15 is 0 Å². The van der Waals surface area contributed by atoms with Crippen LogP contribution < -0.4 is 4.74 Å². The molecule has 3 N–H and O–H groups in total. The summed E-state index contributed by atoms with van der Waals surface area (Å²) in [5.41, 5.74) is 3.83. The van der Waals surface area contributed by atoms with E-state index in [1.165, 1.54) is 16.7 Å². The Morgan fingerprint density at radius 3 is 0.941 bits per heavy atom. The topological polar surface area (TPSA) is 69.9 Å². The zero-order valence-corrected chi connectivity index (χ0v) is 35.6. The highest BCUT2D eigenvalue weighted by Crippen LogP contribution is 2.55. The van der Waals surface area contributed by atoms with Crippen molar-refractivity contribution in [2.45, 2.75) is 163 Å². The molecule has 0 atom stereocenters. The Morgan fingerprint density at radius 2 is 0.667 bits per heavy atom. The fourth-order valence-corrected chi connectivity index (χ4v) is 7.13. The van der Waals surface area contributed by atoms with Crippen molar-refractivity contribution < 1.29 is 20.1 Å². The van der Waals surface area contributed by atoms with Gasteiger partial charge in [0.25, 0.3) is 0 Å². The monoisotopic (exact) mass is 701 g/mol. The summed E-state index contributed by atoms with van der Waals surface area (Å²) < 4.78 is 7.78. The zero-order chi connectivity index (χ0) is 39.4. The van der Waals surface area contributed by atoms with Crippen molar-refractivity contribution in [3.05, 3.63) is 99.1 Å². The molecule has 284 valence electrons. The SMILES string of the molecule is CC(C)(C)c1ccc(OC(c2ccc(C(C)(C)C)cc2C(C)(C)C)(c2ccc(C(C)(C)C)cc2C(C)(C)C)C(CO)(CO)CO)c(C(C)(C)C)c1. The predicted molar refractivity (Wildman–Crippen MR) is 217 cm³/mol. The molecule has 0 fully saturated rings. The molecule has 0 radical (unpaired) electrons. The number of ether oxygens (including phenoxy) is 1. The Kier molecular flexibility index (Phi) is 11.7. The second-order valence-electron chi connectivity index (χ2n) is 21.3. The van der Waals surface area contributed by atoms with Gasteiger partial charge in [-0.3, -0.25) is 0 Å². The summed E-state index contributed by atoms with van der Waals surface area (Å²) >= 11 is 0. The lowest BCUT2D eigenvalue weighted by atomic mass is 9.59. The first-order valence-corrected chi connectivity index (χ1v) is 18.9. The second-order valence-corrected chi connectivity index (χ2v) is 21.3. The van der Waals surface area contributed by atoms with Crippen LogP contribution in [0, 0.1) is 5.41 Å². The third-order valence-corrected chi connectivity index (χ3v) is 10.7. The van der Waals surface area contributed by atoms with E-state index in [1.807, 2.05) is 0 Å². The highest BCUT2D eigenvalue weighted by molar-refractivity contribution is 5.56. The third-order valence-electron chi connectivity index (χ3n) is 10.7. The highest BCUT2D eigenvalue weighted by atomic mass is 16.5. The number of rotatable bonds is 8. The van der Waals surface area contributed by atoms with E-state index in [4.69, 9.17) is 4.74 Å². The van der Waals surface area contributed by atoms with Gasteiger partial charge in [-0.25, -0.2) is 0 Å². The van der Waals surface area contributed by atoms with E-state index in [9.17, 15) is 15.3 Å². The molecule has 0 heterocycles. The maximum atomic E-state index is 11.6. The van der Waals surface area contributed by atoms with Crippen molar-refractivity contribution in [1.82, 2.24) is 0 Å². The van der Waals surface area contributed by atoms with E-state index < -0.39 is 30.8 Å². The Labute approximate surface area is 312 Å². The first-order chi connectivity index (χ1) is 22.9. The molecule has 0 bridgehead atoms. The molecule has 0 aliphatic rings. The van der Waals surface area contributed by atoms with Crippen LogP contribution in [0.4, 0.5) is 0 Å². The standard InChI is InChI=1S/C47H72O4/c1-40(2,3)31-19-22-34(36(25-31)43(10,11)12)47(46(28-48,29-49)30-50,35-23-20-32(41(4,5)6)26-37(35)44(13,14)15)51-39-24-21-33(42(7,8)9)27-38(39)45(16,17)18/h19-27,48-50H,28-30H2,1-18H3. The van der Waals surface area contributed by atoms with Gasteiger partial charge in [-0.05, 0) is 71.9 Å². The van der Waals surface area contributed by atoms with E-state index in [1.54, 1.807) is 0 Å². The Morgan fingerprint density at radius 1 is 0.373 bits per heavy atom. The minimum absolute atomic E-state index is 0.0922. The van der Waals surface area contributed by atoms with Crippen LogP contribution in [0.5, 0.6) is 5.75 Å². The molecule has 0 amide bonds. The van der Waals surface area contributed by atoms with Gasteiger partial charge >= 0.3 is 0 Å². The van der Waals surface area contributed by atoms with Crippen LogP contribution in [0.1, 0.15) is 169 Å². The van der Waals surface area contributed by atoms with Crippen molar-refractivity contribution >= 4 is 0 Å². The minimum Gasteiger partial charge on any atom is -0.477 e. The van der Waals surface area contributed by atoms with E-state index in [2.05, 4.69) is 179 Å². The molecule has 0 unspecified atom stereocenters.